The molecule has 2 heterocycles. The first-order valence-electron chi connectivity index (χ1n) is 11.8. The summed E-state index contributed by atoms with van der Waals surface area (Å²) in [4.78, 5) is 21.0. The van der Waals surface area contributed by atoms with E-state index in [4.69, 9.17) is 14.8 Å². The quantitative estimate of drug-likeness (QED) is 0.319. The highest BCUT2D eigenvalue weighted by molar-refractivity contribution is 5.92. The van der Waals surface area contributed by atoms with Crippen LogP contribution in [0.3, 0.4) is 0 Å². The van der Waals surface area contributed by atoms with Crippen LogP contribution >= 0.6 is 0 Å². The normalized spacial score (nSPS) is 11.1. The molecule has 0 spiro atoms. The Labute approximate surface area is 205 Å². The first-order chi connectivity index (χ1) is 16.9. The van der Waals surface area contributed by atoms with Crippen LogP contribution in [0, 0.1) is 0 Å². The summed E-state index contributed by atoms with van der Waals surface area (Å²) in [5.74, 6) is 1.90. The number of aromatic nitrogens is 3. The summed E-state index contributed by atoms with van der Waals surface area (Å²) in [6.07, 6.45) is 2.52. The minimum absolute atomic E-state index is 0.133. The van der Waals surface area contributed by atoms with Gasteiger partial charge in [0.05, 0.1) is 17.6 Å². The Balaban J connectivity index is 1.56. The number of hydrogen-bond acceptors (Lipinski definition) is 6. The molecule has 0 saturated carbocycles. The van der Waals surface area contributed by atoms with Crippen molar-refractivity contribution in [2.75, 3.05) is 18.5 Å². The summed E-state index contributed by atoms with van der Waals surface area (Å²) in [5, 5.41) is 14.9. The standard InChI is InChI=1S/C27H31N5O3/c1-5-18-6-7-19(14-22(18)17(2)3)30-27-31-23-15-20(8-9-25(23)32(27)4)35-21-10-11-28-24(16-21)26(34)29-12-13-33/h6-11,14-17,33H,5,12-13H2,1-4H3,(H,29,34)(H,30,31). The van der Waals surface area contributed by atoms with Gasteiger partial charge in [-0.15, -0.1) is 0 Å². The van der Waals surface area contributed by atoms with E-state index < -0.39 is 0 Å². The van der Waals surface area contributed by atoms with E-state index in [0.717, 1.165) is 29.1 Å². The predicted molar refractivity (Wildman–Crippen MR) is 138 cm³/mol. The van der Waals surface area contributed by atoms with Gasteiger partial charge in [0.15, 0.2) is 0 Å². The second kappa shape index (κ2) is 10.6. The average Bonchev–Trinajstić information content (AvgIpc) is 3.16. The molecular weight excluding hydrogens is 442 g/mol. The lowest BCUT2D eigenvalue weighted by Crippen LogP contribution is -2.27. The third-order valence-electron chi connectivity index (χ3n) is 5.85. The summed E-state index contributed by atoms with van der Waals surface area (Å²) in [6, 6.07) is 15.4. The van der Waals surface area contributed by atoms with Crippen LogP contribution in [0.15, 0.2) is 54.7 Å². The van der Waals surface area contributed by atoms with Crippen molar-refractivity contribution in [1.29, 1.82) is 0 Å². The molecule has 1 amide bonds. The van der Waals surface area contributed by atoms with Gasteiger partial charge in [-0.05, 0) is 53.8 Å². The van der Waals surface area contributed by atoms with E-state index in [1.54, 1.807) is 12.1 Å². The number of aryl methyl sites for hydroxylation is 2. The highest BCUT2D eigenvalue weighted by Gasteiger charge is 2.13. The largest absolute Gasteiger partial charge is 0.457 e. The van der Waals surface area contributed by atoms with Crippen molar-refractivity contribution in [3.8, 4) is 11.5 Å². The maximum absolute atomic E-state index is 12.1. The fraction of sp³-hybridized carbons (Fsp3) is 0.296. The molecule has 0 saturated heterocycles. The molecule has 35 heavy (non-hydrogen) atoms. The van der Waals surface area contributed by atoms with Gasteiger partial charge < -0.3 is 25.0 Å². The van der Waals surface area contributed by atoms with Crippen LogP contribution in [0.2, 0.25) is 0 Å². The van der Waals surface area contributed by atoms with Gasteiger partial charge in [-0.2, -0.15) is 0 Å². The van der Waals surface area contributed by atoms with Gasteiger partial charge in [-0.3, -0.25) is 9.78 Å². The highest BCUT2D eigenvalue weighted by atomic mass is 16.5. The van der Waals surface area contributed by atoms with E-state index in [1.807, 2.05) is 29.8 Å². The molecule has 0 aliphatic carbocycles. The fourth-order valence-corrected chi connectivity index (χ4v) is 4.01. The molecule has 2 aromatic heterocycles. The van der Waals surface area contributed by atoms with E-state index in [9.17, 15) is 4.79 Å². The number of hydrogen-bond donors (Lipinski definition) is 3. The maximum Gasteiger partial charge on any atom is 0.270 e. The van der Waals surface area contributed by atoms with Crippen LogP contribution in [0.5, 0.6) is 11.5 Å². The first-order valence-corrected chi connectivity index (χ1v) is 11.8. The minimum Gasteiger partial charge on any atom is -0.457 e. The van der Waals surface area contributed by atoms with E-state index in [1.165, 1.54) is 17.3 Å². The van der Waals surface area contributed by atoms with Crippen molar-refractivity contribution in [1.82, 2.24) is 19.9 Å². The molecule has 0 radical (unpaired) electrons. The Hall–Kier alpha value is -3.91. The Morgan fingerprint density at radius 1 is 1.11 bits per heavy atom. The SMILES string of the molecule is CCc1ccc(Nc2nc3cc(Oc4ccnc(C(=O)NCCO)c4)ccc3n2C)cc1C(C)C. The number of nitrogens with one attached hydrogen (secondary N) is 2. The molecule has 4 rings (SSSR count). The number of anilines is 2. The van der Waals surface area contributed by atoms with Gasteiger partial charge in [0.1, 0.15) is 17.2 Å². The van der Waals surface area contributed by atoms with Crippen molar-refractivity contribution in [2.24, 2.45) is 7.05 Å². The number of ether oxygens (including phenoxy) is 1. The second-order valence-corrected chi connectivity index (χ2v) is 8.65. The van der Waals surface area contributed by atoms with Gasteiger partial charge in [0.2, 0.25) is 5.95 Å². The predicted octanol–water partition coefficient (Wildman–Crippen LogP) is 4.91. The average molecular weight is 474 g/mol. The maximum atomic E-state index is 12.1. The van der Waals surface area contributed by atoms with E-state index >= 15 is 0 Å². The van der Waals surface area contributed by atoms with E-state index in [0.29, 0.717) is 17.4 Å². The molecule has 182 valence electrons. The lowest BCUT2D eigenvalue weighted by atomic mass is 9.95. The second-order valence-electron chi connectivity index (χ2n) is 8.65. The van der Waals surface area contributed by atoms with Gasteiger partial charge in [0.25, 0.3) is 5.91 Å². The number of amides is 1. The molecule has 2 aromatic carbocycles. The number of nitrogens with zero attached hydrogens (tertiary/aromatic N) is 3. The Bertz CT molecular complexity index is 1350. The van der Waals surface area contributed by atoms with Crippen LogP contribution in [0.1, 0.15) is 48.3 Å². The van der Waals surface area contributed by atoms with Crippen molar-refractivity contribution in [3.63, 3.8) is 0 Å². The van der Waals surface area contributed by atoms with Crippen LogP contribution in [0.25, 0.3) is 11.0 Å². The Morgan fingerprint density at radius 3 is 2.66 bits per heavy atom. The molecular formula is C27H31N5O3. The molecule has 8 heteroatoms. The number of pyridine rings is 1. The van der Waals surface area contributed by atoms with Crippen LogP contribution in [-0.4, -0.2) is 38.7 Å². The highest BCUT2D eigenvalue weighted by Crippen LogP contribution is 2.30. The smallest absolute Gasteiger partial charge is 0.270 e. The molecule has 8 nitrogen and oxygen atoms in total. The summed E-state index contributed by atoms with van der Waals surface area (Å²) < 4.78 is 7.99. The van der Waals surface area contributed by atoms with Gasteiger partial charge >= 0.3 is 0 Å². The molecule has 3 N–H and O–H groups in total. The third-order valence-corrected chi connectivity index (χ3v) is 5.85. The molecule has 0 unspecified atom stereocenters. The van der Waals surface area contributed by atoms with Crippen molar-refractivity contribution < 1.29 is 14.6 Å². The number of benzene rings is 2. The first kappa shape index (κ1) is 24.2. The number of fused-ring (bicyclic) bond motifs is 1. The molecule has 0 aliphatic rings. The third kappa shape index (κ3) is 5.44. The molecule has 0 atom stereocenters. The number of carbonyl (C=O) groups excluding carboxylic acids is 1. The zero-order valence-electron chi connectivity index (χ0n) is 20.5. The molecule has 0 fully saturated rings. The number of aliphatic hydroxyl groups excluding tert-OH is 1. The number of imidazole rings is 1. The van der Waals surface area contributed by atoms with E-state index in [2.05, 4.69) is 54.6 Å². The monoisotopic (exact) mass is 473 g/mol. The Morgan fingerprint density at radius 2 is 1.91 bits per heavy atom. The minimum atomic E-state index is -0.368. The van der Waals surface area contributed by atoms with Crippen LogP contribution < -0.4 is 15.4 Å². The van der Waals surface area contributed by atoms with Gasteiger partial charge in [-0.1, -0.05) is 26.8 Å². The number of carbonyl (C=O) groups is 1. The summed E-state index contributed by atoms with van der Waals surface area (Å²) in [7, 11) is 1.97. The fourth-order valence-electron chi connectivity index (χ4n) is 4.01. The molecule has 0 bridgehead atoms. The summed E-state index contributed by atoms with van der Waals surface area (Å²) >= 11 is 0. The zero-order chi connectivity index (χ0) is 24.9. The number of aliphatic hydroxyl groups is 1. The topological polar surface area (TPSA) is 101 Å². The molecule has 4 aromatic rings. The summed E-state index contributed by atoms with van der Waals surface area (Å²) in [6.45, 7) is 6.63. The number of rotatable bonds is 9. The Kier molecular flexibility index (Phi) is 7.31. The van der Waals surface area contributed by atoms with Crippen LogP contribution in [-0.2, 0) is 13.5 Å². The zero-order valence-corrected chi connectivity index (χ0v) is 20.5. The lowest BCUT2D eigenvalue weighted by molar-refractivity contribution is 0.0939. The molecule has 0 aliphatic heterocycles. The van der Waals surface area contributed by atoms with Crippen molar-refractivity contribution in [2.45, 2.75) is 33.1 Å². The van der Waals surface area contributed by atoms with Crippen molar-refractivity contribution in [3.05, 3.63) is 71.5 Å². The summed E-state index contributed by atoms with van der Waals surface area (Å²) in [5.41, 5.74) is 5.68. The van der Waals surface area contributed by atoms with Gasteiger partial charge in [-0.25, -0.2) is 4.98 Å². The van der Waals surface area contributed by atoms with Crippen molar-refractivity contribution >= 4 is 28.6 Å². The van der Waals surface area contributed by atoms with Gasteiger partial charge in [0, 0.05) is 37.6 Å². The van der Waals surface area contributed by atoms with Crippen LogP contribution in [0.4, 0.5) is 11.6 Å². The van der Waals surface area contributed by atoms with E-state index in [-0.39, 0.29) is 24.8 Å². The lowest BCUT2D eigenvalue weighted by Gasteiger charge is -2.14.